The van der Waals surface area contributed by atoms with Gasteiger partial charge in [-0.05, 0) is 45.1 Å². The van der Waals surface area contributed by atoms with Gasteiger partial charge in [0.15, 0.2) is 11.6 Å². The largest absolute Gasteiger partial charge is 0.354 e. The number of ketones is 1. The van der Waals surface area contributed by atoms with Crippen molar-refractivity contribution in [1.82, 2.24) is 19.9 Å². The van der Waals surface area contributed by atoms with E-state index in [1.54, 1.807) is 17.0 Å². The molecular formula is C21H27N5O3. The summed E-state index contributed by atoms with van der Waals surface area (Å²) in [6.07, 6.45) is 7.04. The van der Waals surface area contributed by atoms with Crippen molar-refractivity contribution in [1.29, 1.82) is 0 Å². The van der Waals surface area contributed by atoms with Crippen molar-refractivity contribution in [3.8, 4) is 0 Å². The Morgan fingerprint density at radius 2 is 2.03 bits per heavy atom. The molecule has 0 saturated carbocycles. The Bertz CT molecular complexity index is 998. The molecule has 2 N–H and O–H groups in total. The number of hydrogen-bond donors (Lipinski definition) is 2. The van der Waals surface area contributed by atoms with Crippen molar-refractivity contribution in [2.24, 2.45) is 0 Å². The molecule has 0 atom stereocenters. The number of amides is 1. The zero-order valence-electron chi connectivity index (χ0n) is 17.0. The second-order valence-corrected chi connectivity index (χ2v) is 7.83. The number of anilines is 1. The van der Waals surface area contributed by atoms with Crippen LogP contribution in [-0.4, -0.2) is 45.4 Å². The molecule has 8 nitrogen and oxygen atoms in total. The summed E-state index contributed by atoms with van der Waals surface area (Å²) in [6, 6.07) is 0.0336. The molecule has 1 saturated heterocycles. The molecule has 1 aliphatic carbocycles. The maximum absolute atomic E-state index is 12.8. The number of Topliss-reactive ketones (excluding diaryl/α,β-unsaturated/α-hetero) is 1. The van der Waals surface area contributed by atoms with E-state index in [1.165, 1.54) is 0 Å². The lowest BCUT2D eigenvalue weighted by Gasteiger charge is -2.32. The lowest BCUT2D eigenvalue weighted by Crippen LogP contribution is -2.46. The van der Waals surface area contributed by atoms with Gasteiger partial charge in [0.2, 0.25) is 0 Å². The summed E-state index contributed by atoms with van der Waals surface area (Å²) in [5, 5.41) is 3.10. The molecule has 2 aliphatic rings. The van der Waals surface area contributed by atoms with Crippen molar-refractivity contribution in [2.75, 3.05) is 18.0 Å². The van der Waals surface area contributed by atoms with Gasteiger partial charge in [0.25, 0.3) is 11.5 Å². The minimum atomic E-state index is -0.158. The third-order valence-corrected chi connectivity index (χ3v) is 6.03. The highest BCUT2D eigenvalue weighted by molar-refractivity contribution is 6.04. The number of nitrogens with zero attached hydrogens (tertiary/aromatic N) is 3. The van der Waals surface area contributed by atoms with E-state index >= 15 is 0 Å². The molecule has 0 aromatic carbocycles. The van der Waals surface area contributed by atoms with Crippen molar-refractivity contribution in [3.63, 3.8) is 0 Å². The van der Waals surface area contributed by atoms with E-state index < -0.39 is 0 Å². The Hall–Kier alpha value is -2.90. The first-order valence-corrected chi connectivity index (χ1v) is 10.4. The van der Waals surface area contributed by atoms with Crippen molar-refractivity contribution in [2.45, 2.75) is 58.5 Å². The van der Waals surface area contributed by atoms with Crippen LogP contribution in [0, 0.1) is 6.92 Å². The molecule has 1 amide bonds. The fourth-order valence-corrected chi connectivity index (χ4v) is 4.40. The lowest BCUT2D eigenvalue weighted by molar-refractivity contribution is 0.0925. The zero-order chi connectivity index (χ0) is 20.5. The summed E-state index contributed by atoms with van der Waals surface area (Å²) in [4.78, 5) is 46.9. The first-order chi connectivity index (χ1) is 14.0. The second-order valence-electron chi connectivity index (χ2n) is 7.83. The normalized spacial score (nSPS) is 17.3. The third kappa shape index (κ3) is 3.59. The van der Waals surface area contributed by atoms with Gasteiger partial charge in [0.05, 0.1) is 0 Å². The van der Waals surface area contributed by atoms with Crippen LogP contribution >= 0.6 is 0 Å². The van der Waals surface area contributed by atoms with Gasteiger partial charge in [-0.2, -0.15) is 0 Å². The van der Waals surface area contributed by atoms with Gasteiger partial charge < -0.3 is 19.8 Å². The average molecular weight is 397 g/mol. The van der Waals surface area contributed by atoms with E-state index in [9.17, 15) is 14.4 Å². The van der Waals surface area contributed by atoms with Crippen LogP contribution in [0.5, 0.6) is 0 Å². The van der Waals surface area contributed by atoms with E-state index in [1.807, 2.05) is 18.7 Å². The molecule has 4 rings (SSSR count). The SMILES string of the molecule is CCn1ccnc(N2CCC(NC(=O)c3[nH]c4c(c3C)C(=O)CCC4)CC2)c1=O. The number of hydrogen-bond acceptors (Lipinski definition) is 5. The summed E-state index contributed by atoms with van der Waals surface area (Å²) in [5.74, 6) is 0.445. The number of carbonyl (C=O) groups is 2. The first-order valence-electron chi connectivity index (χ1n) is 10.4. The molecule has 0 bridgehead atoms. The molecule has 2 aromatic rings. The smallest absolute Gasteiger partial charge is 0.293 e. The predicted molar refractivity (Wildman–Crippen MR) is 110 cm³/mol. The van der Waals surface area contributed by atoms with E-state index in [2.05, 4.69) is 15.3 Å². The monoisotopic (exact) mass is 397 g/mol. The number of aryl methyl sites for hydroxylation is 2. The van der Waals surface area contributed by atoms with Crippen LogP contribution in [0.25, 0.3) is 0 Å². The highest BCUT2D eigenvalue weighted by Crippen LogP contribution is 2.26. The van der Waals surface area contributed by atoms with E-state index in [0.29, 0.717) is 43.1 Å². The minimum absolute atomic E-state index is 0.0336. The van der Waals surface area contributed by atoms with Crippen molar-refractivity contribution >= 4 is 17.5 Å². The first kappa shape index (κ1) is 19.4. The van der Waals surface area contributed by atoms with Crippen molar-refractivity contribution in [3.05, 3.63) is 45.3 Å². The van der Waals surface area contributed by atoms with Gasteiger partial charge in [0.1, 0.15) is 5.69 Å². The molecule has 29 heavy (non-hydrogen) atoms. The van der Waals surface area contributed by atoms with Crippen LogP contribution in [0.2, 0.25) is 0 Å². The fraction of sp³-hybridized carbons (Fsp3) is 0.524. The quantitative estimate of drug-likeness (QED) is 0.820. The van der Waals surface area contributed by atoms with Gasteiger partial charge >= 0.3 is 0 Å². The van der Waals surface area contributed by atoms with Crippen LogP contribution in [0.15, 0.2) is 17.2 Å². The molecule has 2 aromatic heterocycles. The molecule has 3 heterocycles. The molecule has 1 aliphatic heterocycles. The van der Waals surface area contributed by atoms with Gasteiger partial charge in [-0.15, -0.1) is 0 Å². The summed E-state index contributed by atoms with van der Waals surface area (Å²) in [6.45, 7) is 5.72. The highest BCUT2D eigenvalue weighted by atomic mass is 16.2. The number of H-pyrrole nitrogens is 1. The molecule has 0 spiro atoms. The van der Waals surface area contributed by atoms with Crippen LogP contribution < -0.4 is 15.8 Å². The van der Waals surface area contributed by atoms with Crippen LogP contribution in [-0.2, 0) is 13.0 Å². The summed E-state index contributed by atoms with van der Waals surface area (Å²) in [7, 11) is 0. The van der Waals surface area contributed by atoms with Gasteiger partial charge in [-0.1, -0.05) is 0 Å². The molecule has 8 heteroatoms. The van der Waals surface area contributed by atoms with Crippen LogP contribution in [0.3, 0.4) is 0 Å². The number of aromatic amines is 1. The number of aromatic nitrogens is 3. The third-order valence-electron chi connectivity index (χ3n) is 6.03. The zero-order valence-corrected chi connectivity index (χ0v) is 17.0. The van der Waals surface area contributed by atoms with E-state index in [-0.39, 0.29) is 23.3 Å². The minimum Gasteiger partial charge on any atom is -0.354 e. The molecule has 1 fully saturated rings. The number of rotatable bonds is 4. The summed E-state index contributed by atoms with van der Waals surface area (Å²) >= 11 is 0. The Balaban J connectivity index is 1.41. The molecule has 0 unspecified atom stereocenters. The number of nitrogens with one attached hydrogen (secondary N) is 2. The standard InChI is InChI=1S/C21H27N5O3/c1-3-25-12-9-22-19(21(25)29)26-10-7-14(8-11-26)23-20(28)18-13(2)17-15(24-18)5-4-6-16(17)27/h9,12,14,24H,3-8,10-11H2,1-2H3,(H,23,28). The number of piperidine rings is 1. The number of fused-ring (bicyclic) bond motifs is 1. The topological polar surface area (TPSA) is 100 Å². The Kier molecular flexibility index (Phi) is 5.25. The Morgan fingerprint density at radius 1 is 1.28 bits per heavy atom. The maximum atomic E-state index is 12.8. The predicted octanol–water partition coefficient (Wildman–Crippen LogP) is 1.82. The van der Waals surface area contributed by atoms with Crippen LogP contribution in [0.1, 0.15) is 64.7 Å². The molecule has 154 valence electrons. The second kappa shape index (κ2) is 7.85. The van der Waals surface area contributed by atoms with E-state index in [0.717, 1.165) is 36.9 Å². The molecular weight excluding hydrogens is 370 g/mol. The summed E-state index contributed by atoms with van der Waals surface area (Å²) in [5.41, 5.74) is 2.78. The number of carbonyl (C=O) groups excluding carboxylic acids is 2. The summed E-state index contributed by atoms with van der Waals surface area (Å²) < 4.78 is 1.65. The molecule has 0 radical (unpaired) electrons. The van der Waals surface area contributed by atoms with Crippen molar-refractivity contribution < 1.29 is 9.59 Å². The van der Waals surface area contributed by atoms with Gasteiger partial charge in [0, 0.05) is 55.7 Å². The highest BCUT2D eigenvalue weighted by Gasteiger charge is 2.28. The Morgan fingerprint density at radius 3 is 2.72 bits per heavy atom. The average Bonchev–Trinajstić information content (AvgIpc) is 3.07. The lowest BCUT2D eigenvalue weighted by atomic mass is 9.93. The van der Waals surface area contributed by atoms with Gasteiger partial charge in [-0.3, -0.25) is 14.4 Å². The maximum Gasteiger partial charge on any atom is 0.293 e. The van der Waals surface area contributed by atoms with Gasteiger partial charge in [-0.25, -0.2) is 4.98 Å². The Labute approximate surface area is 169 Å². The fourth-order valence-electron chi connectivity index (χ4n) is 4.40. The van der Waals surface area contributed by atoms with E-state index in [4.69, 9.17) is 0 Å². The van der Waals surface area contributed by atoms with Crippen LogP contribution in [0.4, 0.5) is 5.82 Å².